The molecule has 2 aromatic heterocycles. The minimum absolute atomic E-state index is 0. The van der Waals surface area contributed by atoms with E-state index in [9.17, 15) is 0 Å². The van der Waals surface area contributed by atoms with Crippen LogP contribution in [0.3, 0.4) is 0 Å². The summed E-state index contributed by atoms with van der Waals surface area (Å²) in [6.07, 6.45) is 3.81. The number of anilines is 1. The molecule has 0 fully saturated rings. The molecule has 1 aromatic carbocycles. The summed E-state index contributed by atoms with van der Waals surface area (Å²) < 4.78 is 2.28. The molecule has 0 spiro atoms. The number of benzene rings is 1. The lowest BCUT2D eigenvalue weighted by Crippen LogP contribution is -2.05. The van der Waals surface area contributed by atoms with Crippen molar-refractivity contribution >= 4 is 29.1 Å². The second-order valence-corrected chi connectivity index (χ2v) is 5.50. The van der Waals surface area contributed by atoms with Crippen molar-refractivity contribution in [2.24, 2.45) is 0 Å². The van der Waals surface area contributed by atoms with Gasteiger partial charge >= 0.3 is 0 Å². The lowest BCUT2D eigenvalue weighted by Gasteiger charge is -2.11. The number of nitrogens with zero attached hydrogens (tertiary/aromatic N) is 2. The van der Waals surface area contributed by atoms with Crippen molar-refractivity contribution in [3.63, 3.8) is 0 Å². The van der Waals surface area contributed by atoms with Crippen molar-refractivity contribution < 1.29 is 0 Å². The average molecular weight is 328 g/mol. The molecule has 1 N–H and O–H groups in total. The predicted molar refractivity (Wildman–Crippen MR) is 100 cm³/mol. The molecule has 0 amide bonds. The molecule has 0 unspecified atom stereocenters. The Morgan fingerprint density at radius 3 is 2.61 bits per heavy atom. The van der Waals surface area contributed by atoms with Crippen LogP contribution in [-0.2, 0) is 13.1 Å². The molecule has 3 aromatic rings. The number of aryl methyl sites for hydroxylation is 1. The Labute approximate surface area is 143 Å². The van der Waals surface area contributed by atoms with Crippen molar-refractivity contribution in [3.05, 3.63) is 72.1 Å². The summed E-state index contributed by atoms with van der Waals surface area (Å²) in [5.41, 5.74) is 4.98. The van der Waals surface area contributed by atoms with Crippen LogP contribution in [-0.4, -0.2) is 9.55 Å². The topological polar surface area (TPSA) is 29.9 Å². The van der Waals surface area contributed by atoms with E-state index in [0.29, 0.717) is 0 Å². The molecule has 0 bridgehead atoms. The van der Waals surface area contributed by atoms with Gasteiger partial charge in [0, 0.05) is 30.4 Å². The van der Waals surface area contributed by atoms with E-state index in [0.717, 1.165) is 24.4 Å². The third kappa shape index (κ3) is 3.25. The monoisotopic (exact) mass is 327 g/mol. The fourth-order valence-corrected chi connectivity index (χ4v) is 2.86. The lowest BCUT2D eigenvalue weighted by molar-refractivity contribution is 0.822. The number of fused-ring (bicyclic) bond motifs is 1. The number of rotatable bonds is 5. The highest BCUT2D eigenvalue weighted by atomic mass is 35.5. The Hall–Kier alpha value is -2.26. The molecular formula is C19H22ClN3. The van der Waals surface area contributed by atoms with Crippen LogP contribution in [0.4, 0.5) is 5.82 Å². The van der Waals surface area contributed by atoms with Gasteiger partial charge in [-0.2, -0.15) is 0 Å². The highest BCUT2D eigenvalue weighted by Crippen LogP contribution is 2.29. The summed E-state index contributed by atoms with van der Waals surface area (Å²) in [7, 11) is 0. The van der Waals surface area contributed by atoms with Gasteiger partial charge in [-0.3, -0.25) is 0 Å². The van der Waals surface area contributed by atoms with Gasteiger partial charge < -0.3 is 9.88 Å². The maximum atomic E-state index is 4.55. The van der Waals surface area contributed by atoms with Gasteiger partial charge in [-0.25, -0.2) is 4.98 Å². The largest absolute Gasteiger partial charge is 0.364 e. The second-order valence-electron chi connectivity index (χ2n) is 5.50. The molecule has 0 radical (unpaired) electrons. The fourth-order valence-electron chi connectivity index (χ4n) is 2.86. The van der Waals surface area contributed by atoms with Gasteiger partial charge in [0.1, 0.15) is 0 Å². The van der Waals surface area contributed by atoms with E-state index in [1.165, 1.54) is 22.2 Å². The van der Waals surface area contributed by atoms with Crippen LogP contribution < -0.4 is 5.32 Å². The summed E-state index contributed by atoms with van der Waals surface area (Å²) in [4.78, 5) is 4.55. The van der Waals surface area contributed by atoms with Crippen LogP contribution in [0.15, 0.2) is 55.3 Å². The minimum atomic E-state index is 0. The molecule has 0 saturated carbocycles. The zero-order valence-corrected chi connectivity index (χ0v) is 14.4. The van der Waals surface area contributed by atoms with Gasteiger partial charge in [-0.15, -0.1) is 19.0 Å². The first kappa shape index (κ1) is 17.1. The normalized spacial score (nSPS) is 10.3. The summed E-state index contributed by atoms with van der Waals surface area (Å²) in [5, 5.41) is 4.73. The zero-order chi connectivity index (χ0) is 15.5. The summed E-state index contributed by atoms with van der Waals surface area (Å²) in [5.74, 6) is 0.930. The van der Waals surface area contributed by atoms with E-state index < -0.39 is 0 Å². The van der Waals surface area contributed by atoms with E-state index in [4.69, 9.17) is 0 Å². The van der Waals surface area contributed by atoms with Crippen LogP contribution in [0, 0.1) is 13.8 Å². The van der Waals surface area contributed by atoms with Crippen molar-refractivity contribution in [2.45, 2.75) is 26.9 Å². The van der Waals surface area contributed by atoms with Crippen molar-refractivity contribution in [3.8, 4) is 0 Å². The fraction of sp³-hybridized carbons (Fsp3) is 0.211. The Morgan fingerprint density at radius 1 is 1.17 bits per heavy atom. The first-order chi connectivity index (χ1) is 10.7. The molecule has 0 atom stereocenters. The van der Waals surface area contributed by atoms with E-state index in [1.54, 1.807) is 0 Å². The van der Waals surface area contributed by atoms with Crippen LogP contribution in [0.1, 0.15) is 16.8 Å². The van der Waals surface area contributed by atoms with Crippen LogP contribution in [0.25, 0.3) is 10.9 Å². The number of aromatic nitrogens is 2. The standard InChI is InChI=1S/C19H21N3.ClH/c1-4-12-22-15(3)14(2)17-10-11-20-19(18(17)22)21-13-16-8-6-5-7-9-16;/h4-11H,1,12-13H2,2-3H3,(H,20,21);1H. The van der Waals surface area contributed by atoms with Gasteiger partial charge in [0.15, 0.2) is 5.82 Å². The highest BCUT2D eigenvalue weighted by molar-refractivity contribution is 5.93. The van der Waals surface area contributed by atoms with Gasteiger partial charge in [-0.05, 0) is 31.0 Å². The van der Waals surface area contributed by atoms with E-state index in [-0.39, 0.29) is 12.4 Å². The quantitative estimate of drug-likeness (QED) is 0.677. The van der Waals surface area contributed by atoms with Crippen LogP contribution >= 0.6 is 12.4 Å². The Morgan fingerprint density at radius 2 is 1.91 bits per heavy atom. The van der Waals surface area contributed by atoms with Crippen LogP contribution in [0.2, 0.25) is 0 Å². The zero-order valence-electron chi connectivity index (χ0n) is 13.5. The number of halogens is 1. The molecule has 23 heavy (non-hydrogen) atoms. The first-order valence-electron chi connectivity index (χ1n) is 7.55. The lowest BCUT2D eigenvalue weighted by atomic mass is 10.2. The molecule has 120 valence electrons. The Bertz CT molecular complexity index is 806. The van der Waals surface area contributed by atoms with Gasteiger partial charge in [0.05, 0.1) is 5.52 Å². The third-order valence-corrected chi connectivity index (χ3v) is 4.16. The van der Waals surface area contributed by atoms with Gasteiger partial charge in [0.25, 0.3) is 0 Å². The number of hydrogen-bond acceptors (Lipinski definition) is 2. The Balaban J connectivity index is 0.00000192. The molecular weight excluding hydrogens is 306 g/mol. The molecule has 0 aliphatic carbocycles. The number of hydrogen-bond donors (Lipinski definition) is 1. The highest BCUT2D eigenvalue weighted by Gasteiger charge is 2.14. The molecule has 0 aliphatic heterocycles. The maximum absolute atomic E-state index is 4.55. The third-order valence-electron chi connectivity index (χ3n) is 4.16. The van der Waals surface area contributed by atoms with Crippen LogP contribution in [0.5, 0.6) is 0 Å². The summed E-state index contributed by atoms with van der Waals surface area (Å²) >= 11 is 0. The maximum Gasteiger partial charge on any atom is 0.150 e. The van der Waals surface area contributed by atoms with Crippen molar-refractivity contribution in [1.82, 2.24) is 9.55 Å². The molecule has 0 saturated heterocycles. The number of pyridine rings is 1. The summed E-state index contributed by atoms with van der Waals surface area (Å²) in [6.45, 7) is 9.75. The number of allylic oxidation sites excluding steroid dienone is 1. The molecule has 2 heterocycles. The predicted octanol–water partition coefficient (Wildman–Crippen LogP) is 4.87. The van der Waals surface area contributed by atoms with Crippen molar-refractivity contribution in [2.75, 3.05) is 5.32 Å². The first-order valence-corrected chi connectivity index (χ1v) is 7.55. The average Bonchev–Trinajstić information content (AvgIpc) is 2.80. The van der Waals surface area contributed by atoms with E-state index in [2.05, 4.69) is 65.6 Å². The van der Waals surface area contributed by atoms with E-state index in [1.807, 2.05) is 18.3 Å². The molecule has 4 heteroatoms. The van der Waals surface area contributed by atoms with E-state index >= 15 is 0 Å². The SMILES string of the molecule is C=CCn1c(C)c(C)c2ccnc(NCc3ccccc3)c21.Cl. The number of nitrogens with one attached hydrogen (secondary N) is 1. The van der Waals surface area contributed by atoms with Gasteiger partial charge in [0.2, 0.25) is 0 Å². The molecule has 0 aliphatic rings. The molecule has 3 nitrogen and oxygen atoms in total. The van der Waals surface area contributed by atoms with Gasteiger partial charge in [-0.1, -0.05) is 36.4 Å². The minimum Gasteiger partial charge on any atom is -0.364 e. The second kappa shape index (κ2) is 7.34. The Kier molecular flexibility index (Phi) is 5.45. The molecule has 3 rings (SSSR count). The smallest absolute Gasteiger partial charge is 0.150 e. The van der Waals surface area contributed by atoms with Crippen molar-refractivity contribution in [1.29, 1.82) is 0 Å². The summed E-state index contributed by atoms with van der Waals surface area (Å²) in [6, 6.07) is 12.5.